The number of nitrogens with one attached hydrogen (secondary N) is 1. The molecule has 3 aromatic carbocycles. The van der Waals surface area contributed by atoms with Crippen molar-refractivity contribution in [2.75, 3.05) is 11.5 Å². The number of carbonyl (C=O) groups is 3. The summed E-state index contributed by atoms with van der Waals surface area (Å²) in [5.41, 5.74) is 2.31. The Morgan fingerprint density at radius 3 is 2.42 bits per heavy atom. The van der Waals surface area contributed by atoms with E-state index in [-0.39, 0.29) is 17.2 Å². The van der Waals surface area contributed by atoms with E-state index < -0.39 is 17.8 Å². The molecular weight excluding hydrogens is 503 g/mol. The molecule has 1 heterocycles. The van der Waals surface area contributed by atoms with Crippen molar-refractivity contribution in [2.45, 2.75) is 20.5 Å². The molecule has 0 radical (unpaired) electrons. The molecule has 1 fully saturated rings. The van der Waals surface area contributed by atoms with Crippen LogP contribution in [0.1, 0.15) is 23.6 Å². The number of nitrogens with zero attached hydrogens (tertiary/aromatic N) is 1. The number of barbiturate groups is 1. The maximum atomic E-state index is 13.2. The van der Waals surface area contributed by atoms with E-state index in [4.69, 9.17) is 32.7 Å². The summed E-state index contributed by atoms with van der Waals surface area (Å²) < 4.78 is 11.6. The smallest absolute Gasteiger partial charge is 0.335 e. The fourth-order valence-corrected chi connectivity index (χ4v) is 4.04. The lowest BCUT2D eigenvalue weighted by atomic mass is 10.1. The van der Waals surface area contributed by atoms with Crippen LogP contribution in [-0.4, -0.2) is 24.5 Å². The molecule has 3 aromatic rings. The molecule has 7 nitrogen and oxygen atoms in total. The molecule has 4 rings (SSSR count). The topological polar surface area (TPSA) is 84.9 Å². The minimum atomic E-state index is -0.813. The lowest BCUT2D eigenvalue weighted by molar-refractivity contribution is -0.122. The number of imide groups is 2. The van der Waals surface area contributed by atoms with Crippen LogP contribution in [0.25, 0.3) is 6.08 Å². The third-order valence-electron chi connectivity index (χ3n) is 5.30. The highest BCUT2D eigenvalue weighted by Crippen LogP contribution is 2.38. The van der Waals surface area contributed by atoms with E-state index in [1.165, 1.54) is 6.08 Å². The fourth-order valence-electron chi connectivity index (χ4n) is 3.64. The molecule has 0 bridgehead atoms. The van der Waals surface area contributed by atoms with E-state index in [2.05, 4.69) is 5.32 Å². The molecule has 0 unspecified atom stereocenters. The number of amides is 4. The Balaban J connectivity index is 1.66. The van der Waals surface area contributed by atoms with Gasteiger partial charge in [0.05, 0.1) is 17.3 Å². The Kier molecular flexibility index (Phi) is 7.62. The molecule has 1 saturated heterocycles. The van der Waals surface area contributed by atoms with Gasteiger partial charge in [-0.3, -0.25) is 14.9 Å². The lowest BCUT2D eigenvalue weighted by Gasteiger charge is -2.26. The van der Waals surface area contributed by atoms with Gasteiger partial charge in [-0.1, -0.05) is 47.5 Å². The van der Waals surface area contributed by atoms with E-state index in [0.29, 0.717) is 34.4 Å². The average molecular weight is 525 g/mol. The quantitative estimate of drug-likeness (QED) is 0.305. The van der Waals surface area contributed by atoms with Gasteiger partial charge in [0, 0.05) is 5.02 Å². The van der Waals surface area contributed by atoms with E-state index in [0.717, 1.165) is 16.0 Å². The van der Waals surface area contributed by atoms with Crippen molar-refractivity contribution in [1.82, 2.24) is 5.32 Å². The highest BCUT2D eigenvalue weighted by molar-refractivity contribution is 6.39. The zero-order valence-electron chi connectivity index (χ0n) is 19.5. The summed E-state index contributed by atoms with van der Waals surface area (Å²) in [4.78, 5) is 39.1. The number of halogens is 2. The Hall–Kier alpha value is -3.81. The van der Waals surface area contributed by atoms with Gasteiger partial charge in [-0.25, -0.2) is 9.69 Å². The molecule has 0 atom stereocenters. The second-order valence-electron chi connectivity index (χ2n) is 7.97. The van der Waals surface area contributed by atoms with Gasteiger partial charge in [0.25, 0.3) is 11.8 Å². The van der Waals surface area contributed by atoms with Crippen LogP contribution in [0.4, 0.5) is 10.5 Å². The van der Waals surface area contributed by atoms with Gasteiger partial charge in [-0.2, -0.15) is 0 Å². The normalized spacial score (nSPS) is 14.7. The summed E-state index contributed by atoms with van der Waals surface area (Å²) in [6, 6.07) is 16.4. The van der Waals surface area contributed by atoms with Gasteiger partial charge < -0.3 is 9.47 Å². The molecule has 0 saturated carbocycles. The van der Waals surface area contributed by atoms with Crippen LogP contribution < -0.4 is 19.7 Å². The van der Waals surface area contributed by atoms with Crippen molar-refractivity contribution < 1.29 is 23.9 Å². The lowest BCUT2D eigenvalue weighted by Crippen LogP contribution is -2.54. The third kappa shape index (κ3) is 5.53. The molecule has 4 amide bonds. The molecule has 0 spiro atoms. The number of hydrogen-bond donors (Lipinski definition) is 1. The average Bonchev–Trinajstić information content (AvgIpc) is 2.82. The predicted molar refractivity (Wildman–Crippen MR) is 139 cm³/mol. The van der Waals surface area contributed by atoms with Gasteiger partial charge in [-0.05, 0) is 73.0 Å². The summed E-state index contributed by atoms with van der Waals surface area (Å²) in [5, 5.41) is 3.07. The molecule has 184 valence electrons. The Labute approximate surface area is 218 Å². The Morgan fingerprint density at radius 1 is 0.972 bits per heavy atom. The van der Waals surface area contributed by atoms with Gasteiger partial charge in [0.1, 0.15) is 12.2 Å². The first-order valence-corrected chi connectivity index (χ1v) is 11.8. The minimum Gasteiger partial charge on any atom is -0.490 e. The van der Waals surface area contributed by atoms with E-state index in [9.17, 15) is 14.4 Å². The molecule has 0 aromatic heterocycles. The van der Waals surface area contributed by atoms with Crippen molar-refractivity contribution in [2.24, 2.45) is 0 Å². The van der Waals surface area contributed by atoms with Crippen LogP contribution in [0.2, 0.25) is 10.0 Å². The second kappa shape index (κ2) is 10.8. The van der Waals surface area contributed by atoms with E-state index >= 15 is 0 Å². The summed E-state index contributed by atoms with van der Waals surface area (Å²) in [6.07, 6.45) is 1.37. The number of anilines is 1. The van der Waals surface area contributed by atoms with Crippen molar-refractivity contribution in [1.29, 1.82) is 0 Å². The second-order valence-corrected chi connectivity index (χ2v) is 8.82. The van der Waals surface area contributed by atoms with Gasteiger partial charge in [0.15, 0.2) is 11.5 Å². The highest BCUT2D eigenvalue weighted by Gasteiger charge is 2.37. The van der Waals surface area contributed by atoms with Crippen molar-refractivity contribution >= 4 is 52.8 Å². The monoisotopic (exact) mass is 524 g/mol. The predicted octanol–water partition coefficient (Wildman–Crippen LogP) is 5.95. The number of urea groups is 1. The van der Waals surface area contributed by atoms with Crippen LogP contribution in [0.15, 0.2) is 66.2 Å². The fraction of sp³-hybridized carbons (Fsp3) is 0.148. The number of ether oxygens (including phenoxy) is 2. The number of carbonyl (C=O) groups excluding carboxylic acids is 3. The first kappa shape index (κ1) is 25.3. The highest BCUT2D eigenvalue weighted by atomic mass is 35.5. The summed E-state index contributed by atoms with van der Waals surface area (Å²) in [6.45, 7) is 4.21. The van der Waals surface area contributed by atoms with Crippen molar-refractivity contribution in [3.8, 4) is 11.5 Å². The van der Waals surface area contributed by atoms with Crippen LogP contribution >= 0.6 is 23.2 Å². The summed E-state index contributed by atoms with van der Waals surface area (Å²) in [7, 11) is 0. The molecule has 36 heavy (non-hydrogen) atoms. The van der Waals surface area contributed by atoms with E-state index in [1.54, 1.807) is 42.5 Å². The van der Waals surface area contributed by atoms with Gasteiger partial charge >= 0.3 is 6.03 Å². The first-order chi connectivity index (χ1) is 17.3. The maximum Gasteiger partial charge on any atom is 0.335 e. The SMILES string of the molecule is CCOc1cc(/C=C2\C(=O)NC(=O)N(c3cccc(C)c3)C2=O)cc(Cl)c1OCc1ccc(Cl)cc1. The van der Waals surface area contributed by atoms with Crippen molar-refractivity contribution in [3.63, 3.8) is 0 Å². The summed E-state index contributed by atoms with van der Waals surface area (Å²) >= 11 is 12.4. The standard InChI is InChI=1S/C27H22Cl2N2O5/c1-3-35-23-14-18(13-22(29)24(23)36-15-17-7-9-19(28)10-8-17)12-21-25(32)30-27(34)31(26(21)33)20-6-4-5-16(2)11-20/h4-14H,3,15H2,1-2H3,(H,30,32,34)/b21-12+. The van der Waals surface area contributed by atoms with E-state index in [1.807, 2.05) is 32.0 Å². The van der Waals surface area contributed by atoms with Crippen LogP contribution in [-0.2, 0) is 16.2 Å². The molecule has 9 heteroatoms. The third-order valence-corrected chi connectivity index (χ3v) is 5.83. The van der Waals surface area contributed by atoms with Crippen LogP contribution in [0.3, 0.4) is 0 Å². The first-order valence-electron chi connectivity index (χ1n) is 11.1. The van der Waals surface area contributed by atoms with Gasteiger partial charge in [-0.15, -0.1) is 0 Å². The van der Waals surface area contributed by atoms with Crippen LogP contribution in [0.5, 0.6) is 11.5 Å². The molecule has 1 N–H and O–H groups in total. The maximum absolute atomic E-state index is 13.2. The molecule has 0 aliphatic carbocycles. The van der Waals surface area contributed by atoms with Gasteiger partial charge in [0.2, 0.25) is 0 Å². The zero-order valence-corrected chi connectivity index (χ0v) is 21.0. The number of rotatable bonds is 7. The number of benzene rings is 3. The Bertz CT molecular complexity index is 1370. The van der Waals surface area contributed by atoms with Crippen LogP contribution in [0, 0.1) is 6.92 Å². The largest absolute Gasteiger partial charge is 0.490 e. The number of aryl methyl sites for hydroxylation is 1. The molecule has 1 aliphatic heterocycles. The summed E-state index contributed by atoms with van der Waals surface area (Å²) in [5.74, 6) is -0.870. The Morgan fingerprint density at radius 2 is 1.72 bits per heavy atom. The molecule has 1 aliphatic rings. The minimum absolute atomic E-state index is 0.218. The van der Waals surface area contributed by atoms with Crippen molar-refractivity contribution in [3.05, 3.63) is 93.0 Å². The molecular formula is C27H22Cl2N2O5. The number of hydrogen-bond acceptors (Lipinski definition) is 5. The zero-order chi connectivity index (χ0) is 25.8.